The van der Waals surface area contributed by atoms with Crippen LogP contribution in [-0.4, -0.2) is 45.9 Å². The molecular weight excluding hydrogens is 320 g/mol. The van der Waals surface area contributed by atoms with Crippen molar-refractivity contribution in [1.82, 2.24) is 9.88 Å². The largest absolute Gasteiger partial charge is 0.368 e. The van der Waals surface area contributed by atoms with Crippen molar-refractivity contribution < 1.29 is 9.53 Å². The maximum atomic E-state index is 12.7. The smallest absolute Gasteiger partial charge is 0.255 e. The predicted molar refractivity (Wildman–Crippen MR) is 82.4 cm³/mol. The third-order valence-corrected chi connectivity index (χ3v) is 4.12. The molecule has 4 nitrogen and oxygen atoms in total. The molecule has 0 aliphatic carbocycles. The monoisotopic (exact) mass is 340 g/mol. The van der Waals surface area contributed by atoms with E-state index in [-0.39, 0.29) is 17.6 Å². The number of morpholine rings is 1. The van der Waals surface area contributed by atoms with Crippen molar-refractivity contribution in [3.05, 3.63) is 29.1 Å². The third-order valence-electron chi connectivity index (χ3n) is 3.40. The lowest BCUT2D eigenvalue weighted by Crippen LogP contribution is -2.55. The van der Waals surface area contributed by atoms with Gasteiger partial charge in [0.15, 0.2) is 0 Å². The normalized spacial score (nSPS) is 21.9. The zero-order valence-electron chi connectivity index (χ0n) is 12.4. The highest BCUT2D eigenvalue weighted by Gasteiger charge is 2.35. The molecule has 2 heterocycles. The first-order valence-electron chi connectivity index (χ1n) is 6.80. The number of pyridine rings is 1. The lowest BCUT2D eigenvalue weighted by molar-refractivity contribution is -0.116. The zero-order chi connectivity index (χ0) is 14.9. The van der Waals surface area contributed by atoms with Crippen LogP contribution in [0.15, 0.2) is 12.1 Å². The van der Waals surface area contributed by atoms with Crippen molar-refractivity contribution in [1.29, 1.82) is 0 Å². The molecule has 1 atom stereocenters. The summed E-state index contributed by atoms with van der Waals surface area (Å²) < 4.78 is 5.93. The molecule has 0 aromatic carbocycles. The highest BCUT2D eigenvalue weighted by molar-refractivity contribution is 9.09. The molecule has 0 bridgehead atoms. The first kappa shape index (κ1) is 15.4. The third kappa shape index (κ3) is 3.38. The van der Waals surface area contributed by atoms with Crippen LogP contribution >= 0.6 is 15.9 Å². The minimum atomic E-state index is -0.321. The number of hydrogen-bond acceptors (Lipinski definition) is 3. The Kier molecular flexibility index (Phi) is 4.49. The first-order chi connectivity index (χ1) is 9.32. The van der Waals surface area contributed by atoms with E-state index in [9.17, 15) is 4.79 Å². The van der Waals surface area contributed by atoms with Crippen LogP contribution in [0.5, 0.6) is 0 Å². The van der Waals surface area contributed by atoms with Crippen LogP contribution in [0.4, 0.5) is 0 Å². The number of halogens is 1. The molecule has 0 spiro atoms. The Morgan fingerprint density at radius 3 is 2.80 bits per heavy atom. The van der Waals surface area contributed by atoms with Crippen molar-refractivity contribution in [2.75, 3.05) is 18.4 Å². The first-order valence-corrected chi connectivity index (χ1v) is 7.92. The maximum Gasteiger partial charge on any atom is 0.255 e. The predicted octanol–water partition coefficient (Wildman–Crippen LogP) is 2.71. The summed E-state index contributed by atoms with van der Waals surface area (Å²) in [6, 6.07) is 3.75. The molecule has 2 rings (SSSR count). The van der Waals surface area contributed by atoms with Gasteiger partial charge in [0.25, 0.3) is 5.91 Å². The number of carbonyl (C=O) groups is 1. The summed E-state index contributed by atoms with van der Waals surface area (Å²) in [4.78, 5) is 18.9. The van der Waals surface area contributed by atoms with Gasteiger partial charge in [0.05, 0.1) is 23.0 Å². The average molecular weight is 341 g/mol. The van der Waals surface area contributed by atoms with Gasteiger partial charge in [0.1, 0.15) is 0 Å². The summed E-state index contributed by atoms with van der Waals surface area (Å²) in [5.74, 6) is 0.0392. The Balaban J connectivity index is 2.23. The number of nitrogens with zero attached hydrogens (tertiary/aromatic N) is 2. The minimum Gasteiger partial charge on any atom is -0.368 e. The molecule has 1 saturated heterocycles. The lowest BCUT2D eigenvalue weighted by atomic mass is 10.0. The highest BCUT2D eigenvalue weighted by atomic mass is 79.9. The number of ether oxygens (including phenoxy) is 1. The van der Waals surface area contributed by atoms with Gasteiger partial charge in [-0.25, -0.2) is 0 Å². The van der Waals surface area contributed by atoms with E-state index in [4.69, 9.17) is 4.74 Å². The van der Waals surface area contributed by atoms with Crippen LogP contribution in [0.25, 0.3) is 0 Å². The van der Waals surface area contributed by atoms with Crippen molar-refractivity contribution >= 4 is 21.8 Å². The van der Waals surface area contributed by atoms with Gasteiger partial charge < -0.3 is 9.64 Å². The van der Waals surface area contributed by atoms with Gasteiger partial charge in [0, 0.05) is 24.1 Å². The van der Waals surface area contributed by atoms with Crippen LogP contribution in [0.1, 0.15) is 35.6 Å². The summed E-state index contributed by atoms with van der Waals surface area (Å²) in [6.45, 7) is 9.06. The highest BCUT2D eigenvalue weighted by Crippen LogP contribution is 2.24. The summed E-state index contributed by atoms with van der Waals surface area (Å²) >= 11 is 3.44. The van der Waals surface area contributed by atoms with E-state index in [1.54, 1.807) is 0 Å². The van der Waals surface area contributed by atoms with E-state index in [1.807, 2.05) is 44.7 Å². The molecule has 1 aliphatic heterocycles. The fraction of sp³-hybridized carbons (Fsp3) is 0.600. The number of aromatic nitrogens is 1. The second kappa shape index (κ2) is 5.82. The van der Waals surface area contributed by atoms with Crippen LogP contribution in [0.3, 0.4) is 0 Å². The summed E-state index contributed by atoms with van der Waals surface area (Å²) in [5, 5.41) is 0.728. The molecule has 1 aromatic heterocycles. The molecule has 1 aromatic rings. The van der Waals surface area contributed by atoms with E-state index in [0.29, 0.717) is 18.7 Å². The number of carbonyl (C=O) groups excluding carboxylic acids is 1. The lowest BCUT2D eigenvalue weighted by Gasteiger charge is -2.42. The van der Waals surface area contributed by atoms with E-state index in [1.165, 1.54) is 0 Å². The van der Waals surface area contributed by atoms with Gasteiger partial charge in [-0.2, -0.15) is 0 Å². The molecule has 20 heavy (non-hydrogen) atoms. The van der Waals surface area contributed by atoms with Gasteiger partial charge in [-0.1, -0.05) is 15.9 Å². The SMILES string of the molecule is Cc1ccc(C(=O)N2CC(CBr)OC(C)(C)C2)c(C)n1. The number of rotatable bonds is 2. The fourth-order valence-electron chi connectivity index (χ4n) is 2.61. The van der Waals surface area contributed by atoms with Crippen molar-refractivity contribution in [3.8, 4) is 0 Å². The van der Waals surface area contributed by atoms with Gasteiger partial charge in [-0.05, 0) is 39.8 Å². The zero-order valence-corrected chi connectivity index (χ0v) is 14.0. The molecule has 1 unspecified atom stereocenters. The van der Waals surface area contributed by atoms with E-state index in [0.717, 1.165) is 16.7 Å². The second-order valence-corrected chi connectivity index (χ2v) is 6.57. The molecule has 1 aliphatic rings. The van der Waals surface area contributed by atoms with Crippen LogP contribution in [0, 0.1) is 13.8 Å². The van der Waals surface area contributed by atoms with Crippen molar-refractivity contribution in [2.45, 2.75) is 39.4 Å². The number of hydrogen-bond donors (Lipinski definition) is 0. The van der Waals surface area contributed by atoms with E-state index < -0.39 is 0 Å². The summed E-state index contributed by atoms with van der Waals surface area (Å²) in [6.07, 6.45) is 0.0291. The van der Waals surface area contributed by atoms with Gasteiger partial charge in [0.2, 0.25) is 0 Å². The van der Waals surface area contributed by atoms with E-state index >= 15 is 0 Å². The maximum absolute atomic E-state index is 12.7. The molecular formula is C15H21BrN2O2. The molecule has 110 valence electrons. The second-order valence-electron chi connectivity index (χ2n) is 5.93. The molecule has 5 heteroatoms. The van der Waals surface area contributed by atoms with Crippen LogP contribution in [0.2, 0.25) is 0 Å². The topological polar surface area (TPSA) is 42.4 Å². The molecule has 0 saturated carbocycles. The summed E-state index contributed by atoms with van der Waals surface area (Å²) in [7, 11) is 0. The molecule has 1 amide bonds. The Bertz CT molecular complexity index is 517. The van der Waals surface area contributed by atoms with Gasteiger partial charge in [-0.3, -0.25) is 9.78 Å². The summed E-state index contributed by atoms with van der Waals surface area (Å²) in [5.41, 5.74) is 2.08. The molecule has 0 N–H and O–H groups in total. The van der Waals surface area contributed by atoms with Gasteiger partial charge in [-0.15, -0.1) is 0 Å². The standard InChI is InChI=1S/C15H21BrN2O2/c1-10-5-6-13(11(2)17-10)14(19)18-8-12(7-16)20-15(3,4)9-18/h5-6,12H,7-9H2,1-4H3. The Hall–Kier alpha value is -0.940. The Labute approximate surface area is 128 Å². The molecule has 1 fully saturated rings. The Morgan fingerprint density at radius 2 is 2.20 bits per heavy atom. The van der Waals surface area contributed by atoms with Gasteiger partial charge >= 0.3 is 0 Å². The van der Waals surface area contributed by atoms with Crippen LogP contribution in [-0.2, 0) is 4.74 Å². The number of aryl methyl sites for hydroxylation is 2. The van der Waals surface area contributed by atoms with Crippen molar-refractivity contribution in [3.63, 3.8) is 0 Å². The number of alkyl halides is 1. The average Bonchev–Trinajstić information content (AvgIpc) is 2.36. The molecule has 0 radical (unpaired) electrons. The number of amides is 1. The van der Waals surface area contributed by atoms with Crippen molar-refractivity contribution in [2.24, 2.45) is 0 Å². The minimum absolute atomic E-state index is 0.0291. The van der Waals surface area contributed by atoms with Crippen LogP contribution < -0.4 is 0 Å². The Morgan fingerprint density at radius 1 is 1.50 bits per heavy atom. The fourth-order valence-corrected chi connectivity index (χ4v) is 2.95. The quantitative estimate of drug-likeness (QED) is 0.777. The van der Waals surface area contributed by atoms with E-state index in [2.05, 4.69) is 20.9 Å².